The Morgan fingerprint density at radius 1 is 1.06 bits per heavy atom. The molecule has 3 nitrogen and oxygen atoms in total. The predicted octanol–water partition coefficient (Wildman–Crippen LogP) is 2.31. The van der Waals surface area contributed by atoms with Gasteiger partial charge >= 0.3 is 0 Å². The summed E-state index contributed by atoms with van der Waals surface area (Å²) < 4.78 is 11.3. The van der Waals surface area contributed by atoms with Crippen LogP contribution in [0.2, 0.25) is 0 Å². The highest BCUT2D eigenvalue weighted by Crippen LogP contribution is 2.25. The second-order valence-electron chi connectivity index (χ2n) is 5.85. The molecule has 1 saturated carbocycles. The van der Waals surface area contributed by atoms with Crippen molar-refractivity contribution in [3.8, 4) is 0 Å². The topological polar surface area (TPSA) is 30.5 Å². The molecule has 0 spiro atoms. The van der Waals surface area contributed by atoms with Gasteiger partial charge in [0.2, 0.25) is 0 Å². The van der Waals surface area contributed by atoms with E-state index in [9.17, 15) is 0 Å². The van der Waals surface area contributed by atoms with E-state index in [1.54, 1.807) is 0 Å². The highest BCUT2D eigenvalue weighted by atomic mass is 16.7. The molecule has 1 N–H and O–H groups in total. The molecular formula is C13H25NO2. The van der Waals surface area contributed by atoms with Crippen molar-refractivity contribution in [1.82, 2.24) is 5.32 Å². The Hall–Kier alpha value is -0.120. The van der Waals surface area contributed by atoms with Gasteiger partial charge in [-0.15, -0.1) is 0 Å². The summed E-state index contributed by atoms with van der Waals surface area (Å²) >= 11 is 0. The van der Waals surface area contributed by atoms with Gasteiger partial charge in [0.1, 0.15) is 0 Å². The van der Waals surface area contributed by atoms with Crippen molar-refractivity contribution in [2.24, 2.45) is 5.92 Å². The zero-order valence-electron chi connectivity index (χ0n) is 10.8. The summed E-state index contributed by atoms with van der Waals surface area (Å²) in [5.41, 5.74) is 0. The minimum atomic E-state index is -0.391. The van der Waals surface area contributed by atoms with E-state index in [4.69, 9.17) is 9.47 Å². The number of nitrogens with one attached hydrogen (secondary N) is 1. The van der Waals surface area contributed by atoms with Gasteiger partial charge < -0.3 is 14.8 Å². The van der Waals surface area contributed by atoms with Crippen molar-refractivity contribution in [2.75, 3.05) is 13.2 Å². The van der Waals surface area contributed by atoms with E-state index < -0.39 is 5.79 Å². The highest BCUT2D eigenvalue weighted by Gasteiger charge is 2.30. The van der Waals surface area contributed by atoms with Crippen LogP contribution in [0.1, 0.15) is 46.5 Å². The molecular weight excluding hydrogens is 202 g/mol. The monoisotopic (exact) mass is 227 g/mol. The van der Waals surface area contributed by atoms with E-state index in [2.05, 4.69) is 12.2 Å². The largest absolute Gasteiger partial charge is 0.349 e. The average molecular weight is 227 g/mol. The van der Waals surface area contributed by atoms with Gasteiger partial charge in [-0.1, -0.05) is 19.8 Å². The fraction of sp³-hybridized carbons (Fsp3) is 1.00. The molecule has 1 saturated heterocycles. The fourth-order valence-corrected chi connectivity index (χ4v) is 2.71. The molecule has 2 unspecified atom stereocenters. The van der Waals surface area contributed by atoms with Crippen molar-refractivity contribution < 1.29 is 9.47 Å². The van der Waals surface area contributed by atoms with Crippen LogP contribution >= 0.6 is 0 Å². The van der Waals surface area contributed by atoms with Gasteiger partial charge in [-0.3, -0.25) is 0 Å². The van der Waals surface area contributed by atoms with Crippen LogP contribution in [0.15, 0.2) is 0 Å². The first kappa shape index (κ1) is 12.3. The van der Waals surface area contributed by atoms with Crippen LogP contribution < -0.4 is 5.32 Å². The van der Waals surface area contributed by atoms with Crippen LogP contribution in [-0.4, -0.2) is 31.1 Å². The van der Waals surface area contributed by atoms with Crippen LogP contribution in [-0.2, 0) is 9.47 Å². The number of hydrogen-bond acceptors (Lipinski definition) is 3. The molecule has 0 aromatic rings. The fourth-order valence-electron chi connectivity index (χ4n) is 2.71. The lowest BCUT2D eigenvalue weighted by Gasteiger charge is -2.38. The summed E-state index contributed by atoms with van der Waals surface area (Å²) in [7, 11) is 0. The van der Waals surface area contributed by atoms with Crippen LogP contribution in [0.5, 0.6) is 0 Å². The molecule has 2 aliphatic rings. The van der Waals surface area contributed by atoms with Gasteiger partial charge in [-0.25, -0.2) is 0 Å². The zero-order valence-corrected chi connectivity index (χ0v) is 10.8. The van der Waals surface area contributed by atoms with E-state index in [1.807, 2.05) is 13.8 Å². The molecule has 0 radical (unpaired) electrons. The van der Waals surface area contributed by atoms with Gasteiger partial charge in [0.25, 0.3) is 0 Å². The Morgan fingerprint density at radius 2 is 1.75 bits per heavy atom. The minimum Gasteiger partial charge on any atom is -0.349 e. The molecule has 0 bridgehead atoms. The zero-order chi connectivity index (χ0) is 11.6. The molecule has 1 heterocycles. The Morgan fingerprint density at radius 3 is 2.38 bits per heavy atom. The Labute approximate surface area is 98.9 Å². The lowest BCUT2D eigenvalue weighted by Crippen LogP contribution is -2.52. The molecule has 3 heteroatoms. The molecule has 1 aliphatic carbocycles. The molecule has 94 valence electrons. The molecule has 2 rings (SSSR count). The Kier molecular flexibility index (Phi) is 3.88. The summed E-state index contributed by atoms with van der Waals surface area (Å²) in [6, 6.07) is 1.05. The quantitative estimate of drug-likeness (QED) is 0.785. The van der Waals surface area contributed by atoms with Crippen LogP contribution in [0.25, 0.3) is 0 Å². The van der Waals surface area contributed by atoms with Crippen molar-refractivity contribution in [1.29, 1.82) is 0 Å². The molecule has 0 aromatic carbocycles. The van der Waals surface area contributed by atoms with Crippen molar-refractivity contribution >= 4 is 0 Å². The molecule has 16 heavy (non-hydrogen) atoms. The first-order valence-electron chi connectivity index (χ1n) is 6.59. The van der Waals surface area contributed by atoms with E-state index in [0.717, 1.165) is 19.1 Å². The number of rotatable bonds is 2. The van der Waals surface area contributed by atoms with E-state index in [-0.39, 0.29) is 0 Å². The van der Waals surface area contributed by atoms with E-state index in [0.29, 0.717) is 12.1 Å². The van der Waals surface area contributed by atoms with Gasteiger partial charge in [0, 0.05) is 6.04 Å². The SMILES string of the molecule is CC1CCCC(NC2COC(C)(C)OC2)C1. The third kappa shape index (κ3) is 3.44. The third-order valence-electron chi connectivity index (χ3n) is 3.67. The first-order valence-corrected chi connectivity index (χ1v) is 6.59. The molecule has 0 aromatic heterocycles. The summed E-state index contributed by atoms with van der Waals surface area (Å²) in [6.45, 7) is 7.86. The van der Waals surface area contributed by atoms with Crippen LogP contribution in [0, 0.1) is 5.92 Å². The smallest absolute Gasteiger partial charge is 0.162 e. The summed E-state index contributed by atoms with van der Waals surface area (Å²) in [5, 5.41) is 3.68. The Bertz CT molecular complexity index is 220. The maximum atomic E-state index is 5.66. The maximum Gasteiger partial charge on any atom is 0.162 e. The van der Waals surface area contributed by atoms with Crippen molar-refractivity contribution in [2.45, 2.75) is 64.3 Å². The second kappa shape index (κ2) is 5.03. The summed E-state index contributed by atoms with van der Waals surface area (Å²) in [4.78, 5) is 0. The third-order valence-corrected chi connectivity index (χ3v) is 3.67. The molecule has 2 atom stereocenters. The molecule has 2 fully saturated rings. The minimum absolute atomic E-state index is 0.378. The van der Waals surface area contributed by atoms with E-state index >= 15 is 0 Å². The summed E-state index contributed by atoms with van der Waals surface area (Å²) in [5.74, 6) is 0.478. The van der Waals surface area contributed by atoms with Gasteiger partial charge in [0.15, 0.2) is 5.79 Å². The molecule has 0 amide bonds. The molecule has 1 aliphatic heterocycles. The Balaban J connectivity index is 1.74. The standard InChI is InChI=1S/C13H25NO2/c1-10-5-4-6-11(7-10)14-12-8-15-13(2,3)16-9-12/h10-12,14H,4-9H2,1-3H3. The van der Waals surface area contributed by atoms with Gasteiger partial charge in [0.05, 0.1) is 19.3 Å². The van der Waals surface area contributed by atoms with Crippen molar-refractivity contribution in [3.05, 3.63) is 0 Å². The lowest BCUT2D eigenvalue weighted by molar-refractivity contribution is -0.253. The number of ether oxygens (including phenoxy) is 2. The predicted molar refractivity (Wildman–Crippen MR) is 64.3 cm³/mol. The number of hydrogen-bond donors (Lipinski definition) is 1. The van der Waals surface area contributed by atoms with E-state index in [1.165, 1.54) is 25.7 Å². The van der Waals surface area contributed by atoms with Crippen LogP contribution in [0.3, 0.4) is 0 Å². The first-order chi connectivity index (χ1) is 7.55. The van der Waals surface area contributed by atoms with Gasteiger partial charge in [-0.2, -0.15) is 0 Å². The highest BCUT2D eigenvalue weighted by molar-refractivity contribution is 4.81. The normalized spacial score (nSPS) is 36.2. The van der Waals surface area contributed by atoms with Gasteiger partial charge in [-0.05, 0) is 32.6 Å². The van der Waals surface area contributed by atoms with Crippen molar-refractivity contribution in [3.63, 3.8) is 0 Å². The van der Waals surface area contributed by atoms with Crippen LogP contribution in [0.4, 0.5) is 0 Å². The summed E-state index contributed by atoms with van der Waals surface area (Å²) in [6.07, 6.45) is 5.37. The maximum absolute atomic E-state index is 5.66. The second-order valence-corrected chi connectivity index (χ2v) is 5.85. The lowest BCUT2D eigenvalue weighted by atomic mass is 9.87. The average Bonchev–Trinajstić information content (AvgIpc) is 2.21.